The Hall–Kier alpha value is -3.14. The van der Waals surface area contributed by atoms with Crippen LogP contribution in [0, 0.1) is 0 Å². The minimum Gasteiger partial charge on any atom is -0.507 e. The zero-order valence-corrected chi connectivity index (χ0v) is 11.6. The Bertz CT molecular complexity index is 1070. The predicted molar refractivity (Wildman–Crippen MR) is 87.0 cm³/mol. The van der Waals surface area contributed by atoms with Crippen LogP contribution in [0.15, 0.2) is 65.5 Å². The highest BCUT2D eigenvalue weighted by Gasteiger charge is 2.13. The molecule has 4 nitrogen and oxygen atoms in total. The van der Waals surface area contributed by atoms with Crippen molar-refractivity contribution in [2.75, 3.05) is 0 Å². The summed E-state index contributed by atoms with van der Waals surface area (Å²) in [6, 6.07) is 18.3. The molecular weight excluding hydrogens is 276 g/mol. The Morgan fingerprint density at radius 3 is 2.45 bits per heavy atom. The van der Waals surface area contributed by atoms with Gasteiger partial charge in [-0.25, -0.2) is 4.98 Å². The van der Waals surface area contributed by atoms with Crippen LogP contribution in [-0.4, -0.2) is 15.1 Å². The molecule has 4 heteroatoms. The minimum atomic E-state index is -0.215. The van der Waals surface area contributed by atoms with E-state index in [0.29, 0.717) is 22.3 Å². The van der Waals surface area contributed by atoms with E-state index in [9.17, 15) is 9.90 Å². The first kappa shape index (κ1) is 12.6. The van der Waals surface area contributed by atoms with Crippen LogP contribution in [0.25, 0.3) is 33.1 Å². The molecule has 0 aliphatic heterocycles. The third kappa shape index (κ3) is 1.85. The van der Waals surface area contributed by atoms with Crippen molar-refractivity contribution < 1.29 is 5.11 Å². The van der Waals surface area contributed by atoms with Crippen LogP contribution in [0.1, 0.15) is 0 Å². The average Bonchev–Trinajstić information content (AvgIpc) is 2.54. The van der Waals surface area contributed by atoms with Crippen molar-refractivity contribution >= 4 is 21.7 Å². The monoisotopic (exact) mass is 288 g/mol. The zero-order chi connectivity index (χ0) is 15.1. The number of para-hydroxylation sites is 1. The van der Waals surface area contributed by atoms with Gasteiger partial charge in [0.05, 0.1) is 16.5 Å². The average molecular weight is 288 g/mol. The van der Waals surface area contributed by atoms with E-state index in [2.05, 4.69) is 9.97 Å². The van der Waals surface area contributed by atoms with E-state index in [4.69, 9.17) is 0 Å². The number of nitrogens with zero attached hydrogens (tertiary/aromatic N) is 1. The van der Waals surface area contributed by atoms with Gasteiger partial charge in [0.15, 0.2) is 0 Å². The number of hydrogen-bond acceptors (Lipinski definition) is 3. The molecule has 1 aromatic heterocycles. The number of H-pyrrole nitrogens is 1. The molecule has 0 bridgehead atoms. The molecule has 2 N–H and O–H groups in total. The standard InChI is InChI=1S/C18H12N2O2/c21-15-10-9-11-5-1-2-6-12(11)16(15)17-19-14-8-4-3-7-13(14)18(22)20-17/h1-10,21H,(H,19,20,22). The van der Waals surface area contributed by atoms with Crippen LogP contribution >= 0.6 is 0 Å². The Morgan fingerprint density at radius 2 is 1.59 bits per heavy atom. The highest BCUT2D eigenvalue weighted by Crippen LogP contribution is 2.34. The normalized spacial score (nSPS) is 11.1. The molecule has 0 unspecified atom stereocenters. The highest BCUT2D eigenvalue weighted by atomic mass is 16.3. The maximum Gasteiger partial charge on any atom is 0.259 e. The van der Waals surface area contributed by atoms with Crippen LogP contribution in [0.3, 0.4) is 0 Å². The van der Waals surface area contributed by atoms with E-state index in [-0.39, 0.29) is 11.3 Å². The lowest BCUT2D eigenvalue weighted by Gasteiger charge is -2.09. The smallest absolute Gasteiger partial charge is 0.259 e. The Morgan fingerprint density at radius 1 is 0.864 bits per heavy atom. The zero-order valence-electron chi connectivity index (χ0n) is 11.6. The summed E-state index contributed by atoms with van der Waals surface area (Å²) in [6.07, 6.45) is 0. The summed E-state index contributed by atoms with van der Waals surface area (Å²) in [5.74, 6) is 0.468. The van der Waals surface area contributed by atoms with E-state index >= 15 is 0 Å². The van der Waals surface area contributed by atoms with Gasteiger partial charge in [-0.3, -0.25) is 4.79 Å². The summed E-state index contributed by atoms with van der Waals surface area (Å²) in [6.45, 7) is 0. The lowest BCUT2D eigenvalue weighted by Crippen LogP contribution is -2.09. The quantitative estimate of drug-likeness (QED) is 0.564. The second kappa shape index (κ2) is 4.70. The van der Waals surface area contributed by atoms with Gasteiger partial charge in [-0.1, -0.05) is 42.5 Å². The number of fused-ring (bicyclic) bond motifs is 2. The SMILES string of the molecule is O=c1[nH]c(-c2c(O)ccc3ccccc23)nc2ccccc12. The molecule has 4 aromatic rings. The third-order valence-corrected chi connectivity index (χ3v) is 3.76. The van der Waals surface area contributed by atoms with Crippen LogP contribution in [0.2, 0.25) is 0 Å². The van der Waals surface area contributed by atoms with Crippen LogP contribution in [0.5, 0.6) is 5.75 Å². The fraction of sp³-hybridized carbons (Fsp3) is 0. The summed E-state index contributed by atoms with van der Waals surface area (Å²) in [5.41, 5.74) is 0.933. The molecule has 0 spiro atoms. The number of phenolic OH excluding ortho intramolecular Hbond substituents is 1. The van der Waals surface area contributed by atoms with E-state index in [0.717, 1.165) is 10.8 Å². The Balaban J connectivity index is 2.12. The first-order valence-electron chi connectivity index (χ1n) is 6.94. The summed E-state index contributed by atoms with van der Waals surface area (Å²) >= 11 is 0. The van der Waals surface area contributed by atoms with Crippen LogP contribution < -0.4 is 5.56 Å². The molecule has 0 aliphatic rings. The number of phenols is 1. The van der Waals surface area contributed by atoms with Crippen molar-refractivity contribution in [1.29, 1.82) is 0 Å². The van der Waals surface area contributed by atoms with Gasteiger partial charge in [0.2, 0.25) is 0 Å². The van der Waals surface area contributed by atoms with E-state index in [1.807, 2.05) is 36.4 Å². The number of rotatable bonds is 1. The molecule has 106 valence electrons. The molecule has 1 heterocycles. The molecule has 0 saturated heterocycles. The summed E-state index contributed by atoms with van der Waals surface area (Å²) in [7, 11) is 0. The molecule has 3 aromatic carbocycles. The number of aromatic nitrogens is 2. The topological polar surface area (TPSA) is 66.0 Å². The molecule has 0 amide bonds. The van der Waals surface area contributed by atoms with Crippen molar-refractivity contribution in [3.8, 4) is 17.1 Å². The van der Waals surface area contributed by atoms with Gasteiger partial charge < -0.3 is 10.1 Å². The number of aromatic hydroxyl groups is 1. The van der Waals surface area contributed by atoms with Crippen molar-refractivity contribution in [2.45, 2.75) is 0 Å². The Labute approximate surface area is 125 Å². The first-order chi connectivity index (χ1) is 10.7. The number of hydrogen-bond donors (Lipinski definition) is 2. The van der Waals surface area contributed by atoms with Crippen molar-refractivity contribution in [3.05, 3.63) is 71.0 Å². The van der Waals surface area contributed by atoms with Crippen molar-refractivity contribution in [1.82, 2.24) is 9.97 Å². The van der Waals surface area contributed by atoms with E-state index in [1.165, 1.54) is 0 Å². The maximum atomic E-state index is 12.2. The van der Waals surface area contributed by atoms with Gasteiger partial charge in [-0.15, -0.1) is 0 Å². The fourth-order valence-electron chi connectivity index (χ4n) is 2.71. The van der Waals surface area contributed by atoms with Gasteiger partial charge in [0.1, 0.15) is 11.6 Å². The summed E-state index contributed by atoms with van der Waals surface area (Å²) in [4.78, 5) is 19.5. The molecular formula is C18H12N2O2. The minimum absolute atomic E-state index is 0.0946. The lowest BCUT2D eigenvalue weighted by atomic mass is 10.0. The van der Waals surface area contributed by atoms with E-state index in [1.54, 1.807) is 24.3 Å². The van der Waals surface area contributed by atoms with Crippen molar-refractivity contribution in [2.24, 2.45) is 0 Å². The van der Waals surface area contributed by atoms with Gasteiger partial charge in [-0.2, -0.15) is 0 Å². The van der Waals surface area contributed by atoms with Gasteiger partial charge in [0.25, 0.3) is 5.56 Å². The maximum absolute atomic E-state index is 12.2. The molecule has 0 radical (unpaired) electrons. The van der Waals surface area contributed by atoms with E-state index < -0.39 is 0 Å². The van der Waals surface area contributed by atoms with Crippen LogP contribution in [0.4, 0.5) is 0 Å². The predicted octanol–water partition coefficient (Wildman–Crippen LogP) is 3.45. The number of benzene rings is 3. The third-order valence-electron chi connectivity index (χ3n) is 3.76. The van der Waals surface area contributed by atoms with Gasteiger partial charge >= 0.3 is 0 Å². The number of aromatic amines is 1. The van der Waals surface area contributed by atoms with Crippen LogP contribution in [-0.2, 0) is 0 Å². The second-order valence-electron chi connectivity index (χ2n) is 5.11. The highest BCUT2D eigenvalue weighted by molar-refractivity contribution is 5.98. The second-order valence-corrected chi connectivity index (χ2v) is 5.11. The van der Waals surface area contributed by atoms with Gasteiger partial charge in [-0.05, 0) is 29.0 Å². The number of nitrogens with one attached hydrogen (secondary N) is 1. The van der Waals surface area contributed by atoms with Gasteiger partial charge in [0, 0.05) is 0 Å². The largest absolute Gasteiger partial charge is 0.507 e. The lowest BCUT2D eigenvalue weighted by molar-refractivity contribution is 0.477. The summed E-state index contributed by atoms with van der Waals surface area (Å²) in [5, 5.41) is 12.6. The van der Waals surface area contributed by atoms with Crippen molar-refractivity contribution in [3.63, 3.8) is 0 Å². The molecule has 0 saturated carbocycles. The summed E-state index contributed by atoms with van der Waals surface area (Å²) < 4.78 is 0. The fourth-order valence-corrected chi connectivity index (χ4v) is 2.71. The first-order valence-corrected chi connectivity index (χ1v) is 6.94. The molecule has 0 fully saturated rings. The Kier molecular flexibility index (Phi) is 2.69. The molecule has 4 rings (SSSR count). The molecule has 0 atom stereocenters. The molecule has 0 aliphatic carbocycles. The molecule has 22 heavy (non-hydrogen) atoms.